The van der Waals surface area contributed by atoms with Crippen LogP contribution in [0.1, 0.15) is 24.1 Å². The molecule has 1 aliphatic rings. The summed E-state index contributed by atoms with van der Waals surface area (Å²) in [4.78, 5) is 20.9. The lowest BCUT2D eigenvalue weighted by atomic mass is 9.92. The molecule has 0 unspecified atom stereocenters. The van der Waals surface area contributed by atoms with Crippen molar-refractivity contribution in [1.29, 1.82) is 0 Å². The highest BCUT2D eigenvalue weighted by Gasteiger charge is 2.37. The van der Waals surface area contributed by atoms with Gasteiger partial charge >= 0.3 is 5.97 Å². The van der Waals surface area contributed by atoms with E-state index in [1.165, 1.54) is 6.33 Å². The highest BCUT2D eigenvalue weighted by molar-refractivity contribution is 6.03. The van der Waals surface area contributed by atoms with Gasteiger partial charge in [0.05, 0.1) is 25.0 Å². The maximum absolute atomic E-state index is 13.3. The number of aromatic amines is 1. The summed E-state index contributed by atoms with van der Waals surface area (Å²) in [6.07, 6.45) is 3.37. The van der Waals surface area contributed by atoms with Gasteiger partial charge in [0.2, 0.25) is 5.95 Å². The Hall–Kier alpha value is -4.07. The molecule has 8 heteroatoms. The zero-order valence-corrected chi connectivity index (χ0v) is 17.1. The molecule has 0 spiro atoms. The Morgan fingerprint density at radius 2 is 2.03 bits per heavy atom. The Morgan fingerprint density at radius 3 is 2.81 bits per heavy atom. The normalized spacial score (nSPS) is 15.5. The smallest absolute Gasteiger partial charge is 0.338 e. The molecular formula is C23H21N5O3. The molecule has 31 heavy (non-hydrogen) atoms. The van der Waals surface area contributed by atoms with Crippen LogP contribution < -0.4 is 10.1 Å². The number of anilines is 1. The summed E-state index contributed by atoms with van der Waals surface area (Å²) in [6, 6.07) is 14.9. The van der Waals surface area contributed by atoms with Gasteiger partial charge in [0.15, 0.2) is 0 Å². The van der Waals surface area contributed by atoms with E-state index in [2.05, 4.69) is 20.4 Å². The number of nitrogens with one attached hydrogen (secondary N) is 2. The minimum Gasteiger partial charge on any atom is -0.497 e. The first kappa shape index (κ1) is 18.9. The molecule has 1 atom stereocenters. The van der Waals surface area contributed by atoms with Crippen LogP contribution >= 0.6 is 0 Å². The number of benzene rings is 2. The monoisotopic (exact) mass is 415 g/mol. The zero-order valence-electron chi connectivity index (χ0n) is 17.1. The number of ether oxygens (including phenoxy) is 2. The zero-order chi connectivity index (χ0) is 21.4. The molecule has 0 saturated heterocycles. The number of fused-ring (bicyclic) bond motifs is 2. The molecule has 0 amide bonds. The third-order valence-corrected chi connectivity index (χ3v) is 5.37. The molecule has 2 aromatic heterocycles. The maximum atomic E-state index is 13.3. The second-order valence-electron chi connectivity index (χ2n) is 7.09. The van der Waals surface area contributed by atoms with Gasteiger partial charge in [-0.15, -0.1) is 0 Å². The fourth-order valence-electron chi connectivity index (χ4n) is 3.98. The molecule has 2 N–H and O–H groups in total. The van der Waals surface area contributed by atoms with Crippen LogP contribution in [0.4, 0.5) is 5.95 Å². The molecule has 4 aromatic rings. The van der Waals surface area contributed by atoms with E-state index in [0.717, 1.165) is 27.8 Å². The molecule has 0 saturated carbocycles. The van der Waals surface area contributed by atoms with Gasteiger partial charge in [0.1, 0.15) is 18.1 Å². The van der Waals surface area contributed by atoms with Gasteiger partial charge in [-0.3, -0.25) is 0 Å². The highest BCUT2D eigenvalue weighted by Crippen LogP contribution is 2.41. The van der Waals surface area contributed by atoms with Crippen molar-refractivity contribution in [2.45, 2.75) is 13.0 Å². The van der Waals surface area contributed by atoms with Crippen molar-refractivity contribution in [1.82, 2.24) is 19.7 Å². The second kappa shape index (κ2) is 7.64. The number of methoxy groups -OCH3 is 1. The Bertz CT molecular complexity index is 1290. The number of esters is 1. The van der Waals surface area contributed by atoms with Crippen molar-refractivity contribution in [2.75, 3.05) is 19.0 Å². The predicted molar refractivity (Wildman–Crippen MR) is 117 cm³/mol. The number of hydrogen-bond acceptors (Lipinski definition) is 6. The average molecular weight is 415 g/mol. The summed E-state index contributed by atoms with van der Waals surface area (Å²) in [5.74, 6) is 0.873. The molecule has 2 aromatic carbocycles. The van der Waals surface area contributed by atoms with E-state index in [9.17, 15) is 4.79 Å². The number of hydrogen-bond donors (Lipinski definition) is 2. The van der Waals surface area contributed by atoms with Gasteiger partial charge in [0, 0.05) is 22.7 Å². The van der Waals surface area contributed by atoms with Crippen LogP contribution in [0.5, 0.6) is 5.75 Å². The summed E-state index contributed by atoms with van der Waals surface area (Å²) in [5.41, 5.74) is 3.79. The lowest BCUT2D eigenvalue weighted by Gasteiger charge is -2.29. The molecular weight excluding hydrogens is 394 g/mol. The van der Waals surface area contributed by atoms with Crippen molar-refractivity contribution in [3.05, 3.63) is 77.8 Å². The van der Waals surface area contributed by atoms with Gasteiger partial charge in [0.25, 0.3) is 0 Å². The van der Waals surface area contributed by atoms with Crippen molar-refractivity contribution in [2.24, 2.45) is 0 Å². The summed E-state index contributed by atoms with van der Waals surface area (Å²) >= 11 is 0. The van der Waals surface area contributed by atoms with Gasteiger partial charge < -0.3 is 19.8 Å². The van der Waals surface area contributed by atoms with Gasteiger partial charge in [-0.05, 0) is 30.7 Å². The van der Waals surface area contributed by atoms with E-state index in [4.69, 9.17) is 9.47 Å². The molecule has 1 aliphatic heterocycles. The van der Waals surface area contributed by atoms with Crippen LogP contribution in [-0.2, 0) is 9.53 Å². The summed E-state index contributed by atoms with van der Waals surface area (Å²) in [6.45, 7) is 2.06. The Labute approximate surface area is 178 Å². The van der Waals surface area contributed by atoms with Crippen molar-refractivity contribution >= 4 is 28.5 Å². The van der Waals surface area contributed by atoms with Crippen LogP contribution in [-0.4, -0.2) is 39.4 Å². The van der Waals surface area contributed by atoms with Crippen LogP contribution in [0, 0.1) is 0 Å². The SMILES string of the molecule is CCOC(=O)C1=C(c2ccccc2)Nc2ncnn2[C@@H]1c1c[nH]c2ccc(OC)cc12. The molecule has 5 rings (SSSR count). The number of carbonyl (C=O) groups is 1. The topological polar surface area (TPSA) is 94.1 Å². The van der Waals surface area contributed by atoms with Gasteiger partial charge in [-0.25, -0.2) is 9.48 Å². The third kappa shape index (κ3) is 3.13. The fourth-order valence-corrected chi connectivity index (χ4v) is 3.98. The molecule has 8 nitrogen and oxygen atoms in total. The Kier molecular flexibility index (Phi) is 4.66. The largest absolute Gasteiger partial charge is 0.497 e. The minimum absolute atomic E-state index is 0.267. The first-order chi connectivity index (χ1) is 15.2. The van der Waals surface area contributed by atoms with Crippen LogP contribution in [0.25, 0.3) is 16.6 Å². The lowest BCUT2D eigenvalue weighted by molar-refractivity contribution is -0.138. The van der Waals surface area contributed by atoms with E-state index < -0.39 is 12.0 Å². The highest BCUT2D eigenvalue weighted by atomic mass is 16.5. The molecule has 156 valence electrons. The number of carbonyl (C=O) groups excluding carboxylic acids is 1. The molecule has 3 heterocycles. The summed E-state index contributed by atoms with van der Waals surface area (Å²) < 4.78 is 12.6. The van der Waals surface area contributed by atoms with Crippen LogP contribution in [0.2, 0.25) is 0 Å². The van der Waals surface area contributed by atoms with E-state index in [1.54, 1.807) is 18.7 Å². The average Bonchev–Trinajstić information content (AvgIpc) is 3.45. The molecule has 0 aliphatic carbocycles. The number of rotatable bonds is 5. The van der Waals surface area contributed by atoms with E-state index in [-0.39, 0.29) is 6.61 Å². The van der Waals surface area contributed by atoms with E-state index in [0.29, 0.717) is 17.2 Å². The first-order valence-corrected chi connectivity index (χ1v) is 9.99. The number of aromatic nitrogens is 4. The van der Waals surface area contributed by atoms with Gasteiger partial charge in [-0.1, -0.05) is 30.3 Å². The maximum Gasteiger partial charge on any atom is 0.338 e. The number of H-pyrrole nitrogens is 1. The fraction of sp³-hybridized carbons (Fsp3) is 0.174. The summed E-state index contributed by atoms with van der Waals surface area (Å²) in [5, 5.41) is 8.63. The first-order valence-electron chi connectivity index (χ1n) is 9.99. The van der Waals surface area contributed by atoms with Crippen molar-refractivity contribution in [3.63, 3.8) is 0 Å². The van der Waals surface area contributed by atoms with E-state index in [1.807, 2.05) is 54.7 Å². The Balaban J connectivity index is 1.79. The molecule has 0 radical (unpaired) electrons. The van der Waals surface area contributed by atoms with Crippen LogP contribution in [0.3, 0.4) is 0 Å². The van der Waals surface area contributed by atoms with E-state index >= 15 is 0 Å². The van der Waals surface area contributed by atoms with Crippen molar-refractivity contribution < 1.29 is 14.3 Å². The van der Waals surface area contributed by atoms with Crippen LogP contribution in [0.15, 0.2) is 66.6 Å². The summed E-state index contributed by atoms with van der Waals surface area (Å²) in [7, 11) is 1.63. The minimum atomic E-state index is -0.533. The third-order valence-electron chi connectivity index (χ3n) is 5.37. The van der Waals surface area contributed by atoms with Gasteiger partial charge in [-0.2, -0.15) is 10.1 Å². The Morgan fingerprint density at radius 1 is 1.19 bits per heavy atom. The standard InChI is InChI=1S/C23H21N5O3/c1-3-31-22(29)19-20(14-7-5-4-6-8-14)27-23-25-13-26-28(23)21(19)17-12-24-18-10-9-15(30-2)11-16(17)18/h4-13,21,24H,3H2,1-2H3,(H,25,26,27)/t21-/m1/s1. The van der Waals surface area contributed by atoms with Crippen molar-refractivity contribution in [3.8, 4) is 5.75 Å². The second-order valence-corrected chi connectivity index (χ2v) is 7.09. The quantitative estimate of drug-likeness (QED) is 0.482. The lowest BCUT2D eigenvalue weighted by Crippen LogP contribution is -2.29. The predicted octanol–water partition coefficient (Wildman–Crippen LogP) is 3.76. The number of nitrogens with zero attached hydrogens (tertiary/aromatic N) is 3. The molecule has 0 fully saturated rings. The molecule has 0 bridgehead atoms.